The van der Waals surface area contributed by atoms with E-state index in [1.807, 2.05) is 0 Å². The van der Waals surface area contributed by atoms with Crippen LogP contribution >= 0.6 is 11.8 Å². The van der Waals surface area contributed by atoms with E-state index in [1.165, 1.54) is 29.9 Å². The fourth-order valence-corrected chi connectivity index (χ4v) is 3.52. The topological polar surface area (TPSA) is 116 Å². The molecule has 1 N–H and O–H groups in total. The minimum Gasteiger partial charge on any atom is -0.383 e. The predicted octanol–water partition coefficient (Wildman–Crippen LogP) is 2.68. The fraction of sp³-hybridized carbons (Fsp3) is 0.211. The van der Waals surface area contributed by atoms with Crippen molar-refractivity contribution in [2.24, 2.45) is 0 Å². The van der Waals surface area contributed by atoms with E-state index in [1.54, 1.807) is 30.3 Å². The Kier molecular flexibility index (Phi) is 6.57. The summed E-state index contributed by atoms with van der Waals surface area (Å²) in [4.78, 5) is 40.1. The van der Waals surface area contributed by atoms with Crippen LogP contribution in [-0.4, -0.2) is 39.9 Å². The van der Waals surface area contributed by atoms with Crippen LogP contribution in [0, 0.1) is 10.1 Å². The fourth-order valence-electron chi connectivity index (χ4n) is 2.69. The Bertz CT molecular complexity index is 1120. The van der Waals surface area contributed by atoms with Gasteiger partial charge in [0.05, 0.1) is 34.7 Å². The van der Waals surface area contributed by atoms with Crippen molar-refractivity contribution in [3.8, 4) is 0 Å². The van der Waals surface area contributed by atoms with Crippen LogP contribution in [0.15, 0.2) is 58.5 Å². The van der Waals surface area contributed by atoms with E-state index in [-0.39, 0.29) is 22.7 Å². The van der Waals surface area contributed by atoms with Gasteiger partial charge in [0.15, 0.2) is 5.16 Å². The average Bonchev–Trinajstić information content (AvgIpc) is 2.72. The second-order valence-electron chi connectivity index (χ2n) is 5.97. The Balaban J connectivity index is 1.82. The van der Waals surface area contributed by atoms with E-state index >= 15 is 0 Å². The summed E-state index contributed by atoms with van der Waals surface area (Å²) < 4.78 is 6.54. The number of carbonyl (C=O) groups is 1. The van der Waals surface area contributed by atoms with Gasteiger partial charge in [-0.15, -0.1) is 0 Å². The van der Waals surface area contributed by atoms with Crippen molar-refractivity contribution in [3.63, 3.8) is 0 Å². The van der Waals surface area contributed by atoms with Crippen molar-refractivity contribution in [1.29, 1.82) is 0 Å². The van der Waals surface area contributed by atoms with Gasteiger partial charge in [-0.3, -0.25) is 24.3 Å². The van der Waals surface area contributed by atoms with Crippen molar-refractivity contribution in [2.75, 3.05) is 24.8 Å². The van der Waals surface area contributed by atoms with Gasteiger partial charge in [-0.2, -0.15) is 0 Å². The molecule has 1 amide bonds. The Hall–Kier alpha value is -3.24. The highest BCUT2D eigenvalue weighted by molar-refractivity contribution is 7.99. The number of benzene rings is 2. The molecule has 0 fully saturated rings. The van der Waals surface area contributed by atoms with Crippen molar-refractivity contribution in [3.05, 3.63) is 69.0 Å². The number of anilines is 1. The van der Waals surface area contributed by atoms with Crippen molar-refractivity contribution in [2.45, 2.75) is 11.7 Å². The number of nitro groups is 1. The van der Waals surface area contributed by atoms with Crippen LogP contribution in [0.3, 0.4) is 0 Å². The average molecular weight is 414 g/mol. The van der Waals surface area contributed by atoms with E-state index in [9.17, 15) is 19.7 Å². The third-order valence-corrected chi connectivity index (χ3v) is 5.03. The molecule has 0 saturated carbocycles. The maximum atomic E-state index is 12.8. The van der Waals surface area contributed by atoms with Gasteiger partial charge in [-0.05, 0) is 18.2 Å². The summed E-state index contributed by atoms with van der Waals surface area (Å²) in [6.07, 6.45) is 0. The summed E-state index contributed by atoms with van der Waals surface area (Å²) in [7, 11) is 1.53. The summed E-state index contributed by atoms with van der Waals surface area (Å²) in [6.45, 7) is 0.608. The summed E-state index contributed by atoms with van der Waals surface area (Å²) in [5, 5.41) is 14.5. The van der Waals surface area contributed by atoms with Gasteiger partial charge >= 0.3 is 0 Å². The number of amides is 1. The number of aromatic nitrogens is 2. The molecule has 0 radical (unpaired) electrons. The van der Waals surface area contributed by atoms with Crippen LogP contribution in [-0.2, 0) is 16.1 Å². The van der Waals surface area contributed by atoms with Crippen LogP contribution in [0.4, 0.5) is 11.4 Å². The highest BCUT2D eigenvalue weighted by Gasteiger charge is 2.17. The molecule has 0 unspecified atom stereocenters. The number of nitro benzene ring substituents is 1. The van der Waals surface area contributed by atoms with E-state index in [0.29, 0.717) is 29.2 Å². The highest BCUT2D eigenvalue weighted by atomic mass is 32.2. The zero-order chi connectivity index (χ0) is 20.8. The molecule has 2 aromatic carbocycles. The van der Waals surface area contributed by atoms with Gasteiger partial charge in [-0.1, -0.05) is 36.0 Å². The first-order chi connectivity index (χ1) is 14.0. The first-order valence-corrected chi connectivity index (χ1v) is 9.64. The summed E-state index contributed by atoms with van der Waals surface area (Å²) >= 11 is 1.08. The molecule has 1 aromatic heterocycles. The molecule has 9 nitrogen and oxygen atoms in total. The molecule has 3 rings (SSSR count). The maximum absolute atomic E-state index is 12.8. The smallest absolute Gasteiger partial charge is 0.292 e. The monoisotopic (exact) mass is 414 g/mol. The largest absolute Gasteiger partial charge is 0.383 e. The number of methoxy groups -OCH3 is 1. The van der Waals surface area contributed by atoms with Gasteiger partial charge in [0.25, 0.3) is 11.2 Å². The third-order valence-electron chi connectivity index (χ3n) is 4.05. The number of hydrogen-bond acceptors (Lipinski definition) is 7. The number of rotatable bonds is 8. The molecule has 0 spiro atoms. The van der Waals surface area contributed by atoms with Crippen LogP contribution in [0.1, 0.15) is 0 Å². The van der Waals surface area contributed by atoms with Gasteiger partial charge in [0.2, 0.25) is 5.91 Å². The molecular formula is C19H18N4O5S. The maximum Gasteiger partial charge on any atom is 0.292 e. The summed E-state index contributed by atoms with van der Waals surface area (Å²) in [5.74, 6) is -0.505. The lowest BCUT2D eigenvalue weighted by Gasteiger charge is -2.12. The quantitative estimate of drug-likeness (QED) is 0.261. The Morgan fingerprint density at radius 3 is 2.72 bits per heavy atom. The van der Waals surface area contributed by atoms with Crippen LogP contribution in [0.2, 0.25) is 0 Å². The molecule has 0 saturated heterocycles. The molecule has 0 atom stereocenters. The second kappa shape index (κ2) is 9.30. The predicted molar refractivity (Wildman–Crippen MR) is 110 cm³/mol. The first kappa shape index (κ1) is 20.5. The molecule has 150 valence electrons. The number of carbonyl (C=O) groups excluding carboxylic acids is 1. The first-order valence-electron chi connectivity index (χ1n) is 8.66. The van der Waals surface area contributed by atoms with Crippen molar-refractivity contribution in [1.82, 2.24) is 9.55 Å². The van der Waals surface area contributed by atoms with Gasteiger partial charge < -0.3 is 10.1 Å². The lowest BCUT2D eigenvalue weighted by Crippen LogP contribution is -2.26. The van der Waals surface area contributed by atoms with Crippen LogP contribution in [0.25, 0.3) is 10.9 Å². The van der Waals surface area contributed by atoms with Gasteiger partial charge in [-0.25, -0.2) is 4.98 Å². The number of nitrogens with zero attached hydrogens (tertiary/aromatic N) is 3. The molecule has 1 heterocycles. The van der Waals surface area contributed by atoms with E-state index in [2.05, 4.69) is 10.3 Å². The molecule has 29 heavy (non-hydrogen) atoms. The molecule has 0 aliphatic rings. The number of thioether (sulfide) groups is 1. The summed E-state index contributed by atoms with van der Waals surface area (Å²) in [5.41, 5.74) is 0.250. The highest BCUT2D eigenvalue weighted by Crippen LogP contribution is 2.24. The number of nitrogens with one attached hydrogen (secondary N) is 1. The van der Waals surface area contributed by atoms with E-state index < -0.39 is 10.8 Å². The van der Waals surface area contributed by atoms with Crippen molar-refractivity contribution >= 4 is 39.9 Å². The Morgan fingerprint density at radius 1 is 1.24 bits per heavy atom. The standard InChI is InChI=1S/C19H18N4O5S/c1-28-11-10-22-18(25)13-6-2-3-7-14(13)21-19(22)29-12-17(24)20-15-8-4-5-9-16(15)23(26)27/h2-9H,10-12H2,1H3,(H,20,24). The van der Waals surface area contributed by atoms with Crippen molar-refractivity contribution < 1.29 is 14.5 Å². The lowest BCUT2D eigenvalue weighted by molar-refractivity contribution is -0.383. The zero-order valence-corrected chi connectivity index (χ0v) is 16.3. The molecule has 10 heteroatoms. The van der Waals surface area contributed by atoms with Gasteiger partial charge in [0.1, 0.15) is 5.69 Å². The van der Waals surface area contributed by atoms with Crippen LogP contribution < -0.4 is 10.9 Å². The lowest BCUT2D eigenvalue weighted by atomic mass is 10.2. The minimum absolute atomic E-state index is 0.0657. The zero-order valence-electron chi connectivity index (χ0n) is 15.5. The SMILES string of the molecule is COCCn1c(SCC(=O)Nc2ccccc2[N+](=O)[O-])nc2ccccc2c1=O. The van der Waals surface area contributed by atoms with Gasteiger partial charge in [0, 0.05) is 13.2 Å². The van der Waals surface area contributed by atoms with E-state index in [4.69, 9.17) is 4.74 Å². The molecular weight excluding hydrogens is 396 g/mol. The number of para-hydroxylation sites is 3. The molecule has 0 bridgehead atoms. The van der Waals surface area contributed by atoms with E-state index in [0.717, 1.165) is 11.8 Å². The summed E-state index contributed by atoms with van der Waals surface area (Å²) in [6, 6.07) is 12.9. The number of fused-ring (bicyclic) bond motifs is 1. The third kappa shape index (κ3) is 4.79. The Labute approximate surface area is 169 Å². The Morgan fingerprint density at radius 2 is 1.97 bits per heavy atom. The number of hydrogen-bond donors (Lipinski definition) is 1. The van der Waals surface area contributed by atoms with Crippen LogP contribution in [0.5, 0.6) is 0 Å². The molecule has 0 aliphatic carbocycles. The second-order valence-corrected chi connectivity index (χ2v) is 6.91. The minimum atomic E-state index is -0.559. The number of ether oxygens (including phenoxy) is 1. The molecule has 3 aromatic rings. The normalized spacial score (nSPS) is 10.8. The molecule has 0 aliphatic heterocycles.